The van der Waals surface area contributed by atoms with Gasteiger partial charge in [0.2, 0.25) is 0 Å². The third-order valence-electron chi connectivity index (χ3n) is 4.38. The van der Waals surface area contributed by atoms with Gasteiger partial charge in [-0.25, -0.2) is 5.01 Å². The number of nitrogens with zero attached hydrogens (tertiary/aromatic N) is 2. The molecule has 6 heteroatoms. The minimum Gasteiger partial charge on any atom is -0.496 e. The predicted molar refractivity (Wildman–Crippen MR) is 103 cm³/mol. The van der Waals surface area contributed by atoms with Gasteiger partial charge in [-0.1, -0.05) is 41.9 Å². The highest BCUT2D eigenvalue weighted by atomic mass is 35.5. The van der Waals surface area contributed by atoms with Gasteiger partial charge in [-0.3, -0.25) is 4.79 Å². The van der Waals surface area contributed by atoms with E-state index in [9.17, 15) is 4.79 Å². The highest BCUT2D eigenvalue weighted by molar-refractivity contribution is 6.30. The molecule has 0 radical (unpaired) electrons. The van der Waals surface area contributed by atoms with Gasteiger partial charge in [-0.05, 0) is 23.8 Å². The van der Waals surface area contributed by atoms with E-state index in [1.54, 1.807) is 18.2 Å². The maximum Gasteiger partial charge on any atom is 0.297 e. The molecule has 5 nitrogen and oxygen atoms in total. The Labute approximate surface area is 158 Å². The van der Waals surface area contributed by atoms with Crippen molar-refractivity contribution in [2.45, 2.75) is 13.0 Å². The van der Waals surface area contributed by atoms with Crippen molar-refractivity contribution >= 4 is 23.2 Å². The Bertz CT molecular complexity index is 808. The van der Waals surface area contributed by atoms with E-state index in [1.165, 1.54) is 0 Å². The minimum atomic E-state index is 0.0226. The molecule has 0 aromatic heterocycles. The fourth-order valence-corrected chi connectivity index (χ4v) is 3.29. The number of likely N-dealkylation sites (N-methyl/N-ethyl adjacent to an activating group) is 1. The average molecular weight is 373 g/mol. The van der Waals surface area contributed by atoms with Gasteiger partial charge in [0.15, 0.2) is 6.54 Å². The average Bonchev–Trinajstić information content (AvgIpc) is 3.13. The molecule has 26 heavy (non-hydrogen) atoms. The van der Waals surface area contributed by atoms with E-state index in [4.69, 9.17) is 16.3 Å². The number of rotatable bonds is 6. The van der Waals surface area contributed by atoms with E-state index in [0.29, 0.717) is 24.7 Å². The van der Waals surface area contributed by atoms with Crippen LogP contribution in [0.2, 0.25) is 5.02 Å². The predicted octanol–water partition coefficient (Wildman–Crippen LogP) is 2.00. The first-order valence-electron chi connectivity index (χ1n) is 8.64. The number of hydrogen-bond donors (Lipinski definition) is 1. The third kappa shape index (κ3) is 4.42. The number of nitrogens with one attached hydrogen (secondary N) is 1. The van der Waals surface area contributed by atoms with Crippen molar-refractivity contribution in [1.29, 1.82) is 0 Å². The van der Waals surface area contributed by atoms with Crippen LogP contribution in [-0.2, 0) is 11.3 Å². The van der Waals surface area contributed by atoms with Gasteiger partial charge in [0.1, 0.15) is 12.3 Å². The number of quaternary nitrogens is 1. The van der Waals surface area contributed by atoms with Gasteiger partial charge in [-0.2, -0.15) is 5.10 Å². The van der Waals surface area contributed by atoms with Gasteiger partial charge in [0, 0.05) is 17.0 Å². The van der Waals surface area contributed by atoms with Crippen LogP contribution in [0.5, 0.6) is 5.75 Å². The second-order valence-electron chi connectivity index (χ2n) is 6.45. The molecular formula is C20H23ClN3O2+. The fourth-order valence-electron chi connectivity index (χ4n) is 3.09. The molecule has 1 N–H and O–H groups in total. The van der Waals surface area contributed by atoms with Crippen molar-refractivity contribution in [2.24, 2.45) is 5.10 Å². The van der Waals surface area contributed by atoms with Crippen LogP contribution in [0.3, 0.4) is 0 Å². The highest BCUT2D eigenvalue weighted by Crippen LogP contribution is 2.21. The molecule has 3 rings (SSSR count). The second-order valence-corrected chi connectivity index (χ2v) is 6.88. The maximum atomic E-state index is 12.6. The van der Waals surface area contributed by atoms with E-state index >= 15 is 0 Å². The molecule has 0 fully saturated rings. The van der Waals surface area contributed by atoms with Crippen molar-refractivity contribution in [1.82, 2.24) is 5.01 Å². The quantitative estimate of drug-likeness (QED) is 0.843. The zero-order chi connectivity index (χ0) is 18.5. The van der Waals surface area contributed by atoms with Crippen LogP contribution in [-0.4, -0.2) is 43.9 Å². The van der Waals surface area contributed by atoms with Gasteiger partial charge >= 0.3 is 0 Å². The number of hydrogen-bond acceptors (Lipinski definition) is 3. The van der Waals surface area contributed by atoms with E-state index in [2.05, 4.69) is 5.10 Å². The number of benzene rings is 2. The summed E-state index contributed by atoms with van der Waals surface area (Å²) < 4.78 is 5.38. The molecule has 1 aliphatic heterocycles. The molecule has 0 spiro atoms. The fraction of sp³-hybridized carbons (Fsp3) is 0.300. The molecule has 0 saturated carbocycles. The van der Waals surface area contributed by atoms with Crippen LogP contribution in [0, 0.1) is 0 Å². The lowest BCUT2D eigenvalue weighted by Crippen LogP contribution is -3.08. The van der Waals surface area contributed by atoms with Crippen molar-refractivity contribution in [2.75, 3.05) is 27.2 Å². The van der Waals surface area contributed by atoms with Gasteiger partial charge in [0.05, 0.1) is 26.4 Å². The van der Waals surface area contributed by atoms with E-state index < -0.39 is 0 Å². The van der Waals surface area contributed by atoms with Crippen LogP contribution in [0.4, 0.5) is 0 Å². The summed E-state index contributed by atoms with van der Waals surface area (Å²) in [5, 5.41) is 6.76. The van der Waals surface area contributed by atoms with Crippen LogP contribution < -0.4 is 9.64 Å². The Morgan fingerprint density at radius 3 is 2.77 bits per heavy atom. The summed E-state index contributed by atoms with van der Waals surface area (Å²) in [7, 11) is 3.62. The number of carbonyl (C=O) groups excluding carboxylic acids is 1. The number of ether oxygens (including phenoxy) is 1. The first-order chi connectivity index (χ1) is 12.6. The molecule has 2 aromatic rings. The molecule has 1 atom stereocenters. The second kappa shape index (κ2) is 8.34. The zero-order valence-electron chi connectivity index (χ0n) is 15.0. The Balaban J connectivity index is 1.62. The number of amides is 1. The number of methoxy groups -OCH3 is 1. The van der Waals surface area contributed by atoms with Crippen LogP contribution in [0.15, 0.2) is 53.6 Å². The molecule has 1 amide bonds. The lowest BCUT2D eigenvalue weighted by molar-refractivity contribution is -0.885. The summed E-state index contributed by atoms with van der Waals surface area (Å²) in [6.45, 7) is 1.65. The molecule has 136 valence electrons. The van der Waals surface area contributed by atoms with E-state index in [0.717, 1.165) is 33.9 Å². The maximum absolute atomic E-state index is 12.6. The van der Waals surface area contributed by atoms with Crippen molar-refractivity contribution < 1.29 is 14.4 Å². The Morgan fingerprint density at radius 2 is 2.04 bits per heavy atom. The molecule has 1 aliphatic rings. The lowest BCUT2D eigenvalue weighted by atomic mass is 10.1. The molecule has 0 saturated heterocycles. The summed E-state index contributed by atoms with van der Waals surface area (Å²) in [6, 6.07) is 15.5. The third-order valence-corrected chi connectivity index (χ3v) is 4.62. The standard InChI is InChI=1S/C20H22ClN3O2/c1-23(13-16-12-17(21)8-9-19(16)26-2)14-20(25)24-11-10-18(22-24)15-6-4-3-5-7-15/h3-9,12H,10-11,13-14H2,1-2H3/p+1. The van der Waals surface area contributed by atoms with E-state index in [1.807, 2.05) is 49.5 Å². The van der Waals surface area contributed by atoms with Crippen LogP contribution >= 0.6 is 11.6 Å². The Kier molecular flexibility index (Phi) is 5.91. The summed E-state index contributed by atoms with van der Waals surface area (Å²) in [4.78, 5) is 13.6. The summed E-state index contributed by atoms with van der Waals surface area (Å²) in [5.74, 6) is 0.807. The van der Waals surface area contributed by atoms with Gasteiger partial charge in [-0.15, -0.1) is 0 Å². The smallest absolute Gasteiger partial charge is 0.297 e. The molecule has 1 unspecified atom stereocenters. The highest BCUT2D eigenvalue weighted by Gasteiger charge is 2.24. The Morgan fingerprint density at radius 1 is 1.27 bits per heavy atom. The van der Waals surface area contributed by atoms with Crippen molar-refractivity contribution in [3.63, 3.8) is 0 Å². The summed E-state index contributed by atoms with van der Waals surface area (Å²) in [6.07, 6.45) is 0.789. The SMILES string of the molecule is COc1ccc(Cl)cc1C[NH+](C)CC(=O)N1CCC(c2ccccc2)=N1. The lowest BCUT2D eigenvalue weighted by Gasteiger charge is -2.18. The van der Waals surface area contributed by atoms with Crippen LogP contribution in [0.1, 0.15) is 17.5 Å². The molecule has 0 bridgehead atoms. The number of carbonyl (C=O) groups is 1. The first kappa shape index (κ1) is 18.4. The number of halogens is 1. The molecule has 1 heterocycles. The Hall–Kier alpha value is -2.37. The van der Waals surface area contributed by atoms with Crippen molar-refractivity contribution in [3.8, 4) is 5.75 Å². The summed E-state index contributed by atoms with van der Waals surface area (Å²) >= 11 is 6.08. The monoisotopic (exact) mass is 372 g/mol. The minimum absolute atomic E-state index is 0.0226. The normalized spacial score (nSPS) is 14.9. The zero-order valence-corrected chi connectivity index (χ0v) is 15.8. The summed E-state index contributed by atoms with van der Waals surface area (Å²) in [5.41, 5.74) is 3.03. The molecule has 2 aromatic carbocycles. The van der Waals surface area contributed by atoms with Crippen LogP contribution in [0.25, 0.3) is 0 Å². The molecular weight excluding hydrogens is 350 g/mol. The number of hydrazone groups is 1. The topological polar surface area (TPSA) is 46.3 Å². The van der Waals surface area contributed by atoms with Crippen molar-refractivity contribution in [3.05, 3.63) is 64.7 Å². The molecule has 0 aliphatic carbocycles. The van der Waals surface area contributed by atoms with Gasteiger partial charge in [0.25, 0.3) is 5.91 Å². The van der Waals surface area contributed by atoms with E-state index in [-0.39, 0.29) is 5.91 Å². The first-order valence-corrected chi connectivity index (χ1v) is 9.01. The largest absolute Gasteiger partial charge is 0.496 e. The van der Waals surface area contributed by atoms with Gasteiger partial charge < -0.3 is 9.64 Å².